The molecule has 0 bridgehead atoms. The molecule has 1 aliphatic heterocycles. The number of carbonyl (C=O) groups excluding carboxylic acids is 2. The number of nitrogen functional groups attached to an aromatic ring is 1. The first-order valence-electron chi connectivity index (χ1n) is 28.6. The predicted molar refractivity (Wildman–Crippen MR) is 342 cm³/mol. The fraction of sp³-hybridized carbons (Fsp3) is 0.389. The number of unbranched alkanes of at least 4 members (excludes halogenated alkanes) is 10. The van der Waals surface area contributed by atoms with Crippen LogP contribution in [0.3, 0.4) is 0 Å². The summed E-state index contributed by atoms with van der Waals surface area (Å²) in [5.41, 5.74) is 9.06. The van der Waals surface area contributed by atoms with Gasteiger partial charge < -0.3 is 30.0 Å². The van der Waals surface area contributed by atoms with Gasteiger partial charge in [0.05, 0.1) is 24.2 Å². The molecule has 0 amide bonds. The number of nitrogens with two attached hydrogens (primary N) is 1. The molecule has 87 heavy (non-hydrogen) atoms. The van der Waals surface area contributed by atoms with Crippen LogP contribution in [-0.2, 0) is 39.2 Å². The van der Waals surface area contributed by atoms with Crippen molar-refractivity contribution >= 4 is 47.5 Å². The largest absolute Gasteiger partial charge is 0.472 e. The molecule has 440 valence electrons. The molecular weight excluding hydrogens is 1110 g/mol. The second-order valence-electron chi connectivity index (χ2n) is 19.2. The summed E-state index contributed by atoms with van der Waals surface area (Å²) in [4.78, 5) is 59.2. The lowest BCUT2D eigenvalue weighted by Gasteiger charge is -2.32. The fourth-order valence-electron chi connectivity index (χ4n) is 8.31. The minimum Gasteiger partial charge on any atom is -0.462 e. The van der Waals surface area contributed by atoms with Gasteiger partial charge in [0.25, 0.3) is 0 Å². The van der Waals surface area contributed by atoms with Crippen LogP contribution in [0.15, 0.2) is 47.3 Å². The van der Waals surface area contributed by atoms with Gasteiger partial charge in [-0.25, -0.2) is 14.3 Å². The lowest BCUT2D eigenvalue weighted by molar-refractivity contribution is -0.161. The van der Waals surface area contributed by atoms with E-state index in [9.17, 15) is 23.8 Å². The number of pyridine rings is 1. The molecule has 2 aromatic heterocycles. The Morgan fingerprint density at radius 2 is 1.16 bits per heavy atom. The average Bonchev–Trinajstić information content (AvgIpc) is 1.91. The maximum Gasteiger partial charge on any atom is 0.472 e. The van der Waals surface area contributed by atoms with Gasteiger partial charge in [0, 0.05) is 31.3 Å². The number of hydrogen-bond acceptors (Lipinski definition) is 11. The van der Waals surface area contributed by atoms with Crippen molar-refractivity contribution in [1.29, 1.82) is 0 Å². The molecule has 0 radical (unpaired) electrons. The van der Waals surface area contributed by atoms with Crippen molar-refractivity contribution in [2.24, 2.45) is 5.92 Å². The van der Waals surface area contributed by atoms with E-state index in [0.717, 1.165) is 99.0 Å². The highest BCUT2D eigenvalue weighted by molar-refractivity contribution is 7.47. The normalized spacial score (nSPS) is 12.0. The Kier molecular flexibility index (Phi) is 34.9. The molecule has 1 aromatic carbocycles. The number of allylic oxidation sites excluding steroid dienone is 4. The SMILES string of the molecule is CC#CC#CC#CC#CC#CC#CC#C/C=C/CCCCCCCC(=O)OC[C@H](COP(=O)(O)OCCN1CCC(Cn2c(=O)[nH]c3c(N)nc4cc(C)ccc4c32)CC1)OC(=O)CCCCCCC/C=C/C#CC#CC#CC#CC#CC#CC#CC. The molecule has 4 N–H and O–H groups in total. The van der Waals surface area contributed by atoms with E-state index >= 15 is 0 Å². The van der Waals surface area contributed by atoms with Gasteiger partial charge in [0.15, 0.2) is 6.10 Å². The Morgan fingerprint density at radius 1 is 0.678 bits per heavy atom. The van der Waals surface area contributed by atoms with Crippen LogP contribution in [0.1, 0.15) is 122 Å². The zero-order valence-electron chi connectivity index (χ0n) is 49.5. The summed E-state index contributed by atoms with van der Waals surface area (Å²) in [6.07, 6.45) is 18.3. The molecule has 2 atom stereocenters. The van der Waals surface area contributed by atoms with Gasteiger partial charge >= 0.3 is 25.5 Å². The molecule has 0 saturated carbocycles. The van der Waals surface area contributed by atoms with Crippen molar-refractivity contribution in [2.45, 2.75) is 136 Å². The highest BCUT2D eigenvalue weighted by atomic mass is 31.2. The van der Waals surface area contributed by atoms with E-state index in [0.29, 0.717) is 44.5 Å². The highest BCUT2D eigenvalue weighted by Gasteiger charge is 2.28. The third-order valence-electron chi connectivity index (χ3n) is 12.5. The molecule has 0 spiro atoms. The molecule has 14 nitrogen and oxygen atoms in total. The number of carbonyl (C=O) groups is 2. The number of nitrogens with one attached hydrogen (secondary N) is 1. The molecule has 1 aliphatic rings. The van der Waals surface area contributed by atoms with Crippen LogP contribution >= 0.6 is 7.82 Å². The number of benzene rings is 1. The number of nitrogens with zero attached hydrogens (tertiary/aromatic N) is 3. The minimum atomic E-state index is -4.61. The average molecular weight is 1180 g/mol. The lowest BCUT2D eigenvalue weighted by Crippen LogP contribution is -2.37. The third kappa shape index (κ3) is 31.5. The van der Waals surface area contributed by atoms with Crippen LogP contribution in [0.4, 0.5) is 5.82 Å². The molecule has 3 aromatic rings. The second kappa shape index (κ2) is 43.6. The number of H-pyrrole nitrogens is 1. The first kappa shape index (κ1) is 69.5. The Labute approximate surface area is 513 Å². The van der Waals surface area contributed by atoms with Gasteiger partial charge in [-0.15, -0.1) is 0 Å². The fourth-order valence-corrected chi connectivity index (χ4v) is 9.05. The molecule has 15 heteroatoms. The van der Waals surface area contributed by atoms with Crippen molar-refractivity contribution < 1.29 is 37.6 Å². The summed E-state index contributed by atoms with van der Waals surface area (Å²) in [7, 11) is -4.61. The number of aryl methyl sites for hydroxylation is 1. The van der Waals surface area contributed by atoms with E-state index in [1.807, 2.05) is 37.3 Å². The number of ether oxygens (including phenoxy) is 2. The maximum absolute atomic E-state index is 13.2. The van der Waals surface area contributed by atoms with E-state index in [4.69, 9.17) is 24.3 Å². The molecule has 0 aliphatic carbocycles. The van der Waals surface area contributed by atoms with E-state index in [2.05, 4.69) is 181 Å². The number of anilines is 1. The van der Waals surface area contributed by atoms with Crippen molar-refractivity contribution in [3.05, 3.63) is 58.6 Å². The number of piperidine rings is 1. The van der Waals surface area contributed by atoms with Crippen molar-refractivity contribution in [1.82, 2.24) is 19.4 Å². The summed E-state index contributed by atoms with van der Waals surface area (Å²) in [6, 6.07) is 5.91. The smallest absolute Gasteiger partial charge is 0.462 e. The number of hydrogen-bond donors (Lipinski definition) is 3. The number of imidazole rings is 1. The van der Waals surface area contributed by atoms with Crippen LogP contribution in [0.25, 0.3) is 21.9 Å². The Hall–Kier alpha value is -9.97. The summed E-state index contributed by atoms with van der Waals surface area (Å²) in [5.74, 6) is 72.5. The third-order valence-corrected chi connectivity index (χ3v) is 13.5. The lowest BCUT2D eigenvalue weighted by atomic mass is 9.96. The minimum absolute atomic E-state index is 0.101. The molecular formula is C72H68N5O9P. The second-order valence-corrected chi connectivity index (χ2v) is 20.6. The van der Waals surface area contributed by atoms with Crippen LogP contribution in [0, 0.1) is 179 Å². The quantitative estimate of drug-likeness (QED) is 0.0272. The Balaban J connectivity index is 1.17. The Morgan fingerprint density at radius 3 is 1.69 bits per heavy atom. The van der Waals surface area contributed by atoms with Crippen LogP contribution < -0.4 is 11.4 Å². The van der Waals surface area contributed by atoms with E-state index in [1.54, 1.807) is 30.6 Å². The molecule has 1 saturated heterocycles. The van der Waals surface area contributed by atoms with Crippen LogP contribution in [0.2, 0.25) is 0 Å². The molecule has 3 heterocycles. The summed E-state index contributed by atoms with van der Waals surface area (Å²) < 4.78 is 36.7. The molecule has 4 rings (SSSR count). The zero-order valence-corrected chi connectivity index (χ0v) is 50.4. The van der Waals surface area contributed by atoms with Gasteiger partial charge in [-0.2, -0.15) is 0 Å². The van der Waals surface area contributed by atoms with E-state index < -0.39 is 32.5 Å². The van der Waals surface area contributed by atoms with Gasteiger partial charge in [-0.1, -0.05) is 86.5 Å². The van der Waals surface area contributed by atoms with Gasteiger partial charge in [0.1, 0.15) is 17.9 Å². The number of phosphoric ester groups is 1. The van der Waals surface area contributed by atoms with Gasteiger partial charge in [0.2, 0.25) is 0 Å². The van der Waals surface area contributed by atoms with Crippen molar-refractivity contribution in [3.8, 4) is 166 Å². The number of aromatic amines is 1. The summed E-state index contributed by atoms with van der Waals surface area (Å²) >= 11 is 0. The van der Waals surface area contributed by atoms with Crippen molar-refractivity contribution in [2.75, 3.05) is 45.2 Å². The molecule has 1 unspecified atom stereocenters. The standard InChI is InChI=1S/C72H68N5O9P/c1-4-6-8-10-12-14-16-18-20-22-24-26-28-30-32-34-36-38-40-42-44-46-48-67(78)83-60-64(86-68(79)49-47-45-43-41-39-37-35-33-31-29-27-25-23-21-19-17-15-13-11-9-7-5-2)61-85-87(81,82)84-57-56-76-54-52-63(53-55-76)59-77-70-65-51-50-62(3)58-66(65)74-71(73)69(70)75-72(77)80/h32-35,50-51,58,63-64H,36-49,52-57,59-61H2,1-3H3,(H2,73,74)(H,75,80)(H,81,82)/b34-32+,35-33+/t64-/m1/s1. The number of phosphoric acid groups is 1. The first-order valence-corrected chi connectivity index (χ1v) is 30.1. The zero-order chi connectivity index (χ0) is 62.3. The number of fused-ring (bicyclic) bond motifs is 3. The van der Waals surface area contributed by atoms with E-state index in [1.165, 1.54) is 0 Å². The topological polar surface area (TPSA) is 188 Å². The predicted octanol–water partition coefficient (Wildman–Crippen LogP) is 8.73. The maximum atomic E-state index is 13.2. The first-order chi connectivity index (χ1) is 42.5. The van der Waals surface area contributed by atoms with Crippen LogP contribution in [0.5, 0.6) is 0 Å². The number of rotatable bonds is 28. The number of esters is 2. The Bertz CT molecular complexity index is 4010. The summed E-state index contributed by atoms with van der Waals surface area (Å²) in [5, 5.41) is 0.853. The van der Waals surface area contributed by atoms with E-state index in [-0.39, 0.29) is 43.5 Å². The van der Waals surface area contributed by atoms with Gasteiger partial charge in [-0.05, 0) is 257 Å². The number of aromatic nitrogens is 3. The van der Waals surface area contributed by atoms with Gasteiger partial charge in [-0.3, -0.25) is 23.2 Å². The monoisotopic (exact) mass is 1180 g/mol. The highest BCUT2D eigenvalue weighted by Crippen LogP contribution is 2.43. The van der Waals surface area contributed by atoms with Crippen LogP contribution in [-0.4, -0.2) is 81.8 Å². The van der Waals surface area contributed by atoms with Crippen molar-refractivity contribution in [3.63, 3.8) is 0 Å². The number of likely N-dealkylation sites (tertiary alicyclic amines) is 1. The molecule has 1 fully saturated rings. The summed E-state index contributed by atoms with van der Waals surface area (Å²) in [6.45, 7) is 6.62.